The van der Waals surface area contributed by atoms with Crippen LogP contribution in [0.1, 0.15) is 5.56 Å². The molecule has 0 radical (unpaired) electrons. The highest BCUT2D eigenvalue weighted by molar-refractivity contribution is 6.39. The minimum Gasteiger partial charge on any atom is -0.476 e. The predicted molar refractivity (Wildman–Crippen MR) is 76.9 cm³/mol. The summed E-state index contributed by atoms with van der Waals surface area (Å²) in [5.41, 5.74) is 2.52. The molecule has 0 atom stereocenters. The van der Waals surface area contributed by atoms with E-state index in [0.29, 0.717) is 22.5 Å². The molecule has 1 aromatic heterocycles. The summed E-state index contributed by atoms with van der Waals surface area (Å²) >= 11 is 12.4. The Hall–Kier alpha value is -1.29. The molecule has 0 amide bonds. The van der Waals surface area contributed by atoms with Crippen molar-refractivity contribution in [2.75, 3.05) is 13.2 Å². The van der Waals surface area contributed by atoms with Gasteiger partial charge in [0.25, 0.3) is 0 Å². The predicted octanol–water partition coefficient (Wildman–Crippen LogP) is 3.54. The maximum Gasteiger partial charge on any atom is 0.218 e. The maximum atomic E-state index is 6.20. The molecule has 1 aromatic carbocycles. The number of nitrogens with zero attached hydrogens (tertiary/aromatic N) is 1. The average Bonchev–Trinajstić information content (AvgIpc) is 2.63. The topological polar surface area (TPSA) is 34.1 Å². The van der Waals surface area contributed by atoms with Crippen LogP contribution in [-0.4, -0.2) is 18.1 Å². The SMILES string of the molecule is Clc1cccc(Cl)c1-c1ccc2c(n1)OCCNC2. The van der Waals surface area contributed by atoms with Crippen LogP contribution in [0.25, 0.3) is 11.3 Å². The zero-order valence-corrected chi connectivity index (χ0v) is 11.6. The van der Waals surface area contributed by atoms with Crippen molar-refractivity contribution < 1.29 is 4.74 Å². The normalized spacial score (nSPS) is 14.4. The minimum absolute atomic E-state index is 0.590. The molecule has 1 aliphatic rings. The smallest absolute Gasteiger partial charge is 0.218 e. The highest BCUT2D eigenvalue weighted by Gasteiger charge is 2.14. The van der Waals surface area contributed by atoms with E-state index >= 15 is 0 Å². The third-order valence-electron chi connectivity index (χ3n) is 2.99. The lowest BCUT2D eigenvalue weighted by atomic mass is 10.1. The molecule has 0 saturated heterocycles. The summed E-state index contributed by atoms with van der Waals surface area (Å²) in [6.45, 7) is 2.19. The largest absolute Gasteiger partial charge is 0.476 e. The molecule has 0 unspecified atom stereocenters. The van der Waals surface area contributed by atoms with Crippen LogP contribution in [0.15, 0.2) is 30.3 Å². The van der Waals surface area contributed by atoms with Crippen molar-refractivity contribution in [2.24, 2.45) is 0 Å². The number of fused-ring (bicyclic) bond motifs is 1. The molecular formula is C14H12Cl2N2O. The fourth-order valence-electron chi connectivity index (χ4n) is 2.05. The van der Waals surface area contributed by atoms with Crippen LogP contribution >= 0.6 is 23.2 Å². The van der Waals surface area contributed by atoms with E-state index < -0.39 is 0 Å². The molecule has 2 aromatic rings. The van der Waals surface area contributed by atoms with Gasteiger partial charge in [-0.25, -0.2) is 4.98 Å². The van der Waals surface area contributed by atoms with E-state index in [4.69, 9.17) is 27.9 Å². The van der Waals surface area contributed by atoms with E-state index in [0.717, 1.165) is 29.9 Å². The van der Waals surface area contributed by atoms with Gasteiger partial charge >= 0.3 is 0 Å². The van der Waals surface area contributed by atoms with Gasteiger partial charge in [-0.3, -0.25) is 0 Å². The first-order valence-corrected chi connectivity index (χ1v) is 6.79. The maximum absolute atomic E-state index is 6.20. The Morgan fingerprint density at radius 2 is 1.89 bits per heavy atom. The number of aromatic nitrogens is 1. The number of benzene rings is 1. The van der Waals surface area contributed by atoms with Gasteiger partial charge in [0.15, 0.2) is 0 Å². The molecule has 0 aliphatic carbocycles. The summed E-state index contributed by atoms with van der Waals surface area (Å²) < 4.78 is 5.63. The summed E-state index contributed by atoms with van der Waals surface area (Å²) in [7, 11) is 0. The number of hydrogen-bond acceptors (Lipinski definition) is 3. The first kappa shape index (κ1) is 12.7. The molecule has 0 saturated carbocycles. The molecule has 5 heteroatoms. The first-order valence-electron chi connectivity index (χ1n) is 6.03. The number of ether oxygens (including phenoxy) is 1. The van der Waals surface area contributed by atoms with Crippen molar-refractivity contribution in [1.82, 2.24) is 10.3 Å². The summed E-state index contributed by atoms with van der Waals surface area (Å²) in [5, 5.41) is 4.45. The molecule has 3 rings (SSSR count). The van der Waals surface area contributed by atoms with Crippen molar-refractivity contribution in [1.29, 1.82) is 0 Å². The van der Waals surface area contributed by atoms with Crippen LogP contribution in [0.2, 0.25) is 10.0 Å². The van der Waals surface area contributed by atoms with Crippen molar-refractivity contribution in [3.8, 4) is 17.1 Å². The van der Waals surface area contributed by atoms with E-state index in [9.17, 15) is 0 Å². The van der Waals surface area contributed by atoms with E-state index in [-0.39, 0.29) is 0 Å². The van der Waals surface area contributed by atoms with Gasteiger partial charge in [0.2, 0.25) is 5.88 Å². The molecule has 2 heterocycles. The summed E-state index contributed by atoms with van der Waals surface area (Å²) in [4.78, 5) is 4.53. The number of pyridine rings is 1. The average molecular weight is 295 g/mol. The lowest BCUT2D eigenvalue weighted by Crippen LogP contribution is -2.16. The molecule has 0 bridgehead atoms. The zero-order valence-electron chi connectivity index (χ0n) is 10.1. The van der Waals surface area contributed by atoms with Gasteiger partial charge in [-0.15, -0.1) is 0 Å². The fraction of sp³-hybridized carbons (Fsp3) is 0.214. The molecular weight excluding hydrogens is 283 g/mol. The van der Waals surface area contributed by atoms with Gasteiger partial charge in [0.1, 0.15) is 6.61 Å². The molecule has 1 N–H and O–H groups in total. The number of hydrogen-bond donors (Lipinski definition) is 1. The van der Waals surface area contributed by atoms with E-state index in [1.54, 1.807) is 12.1 Å². The Kier molecular flexibility index (Phi) is 3.60. The van der Waals surface area contributed by atoms with Crippen molar-refractivity contribution in [2.45, 2.75) is 6.54 Å². The second-order valence-corrected chi connectivity index (χ2v) is 5.10. The quantitative estimate of drug-likeness (QED) is 0.874. The number of halogens is 2. The Labute approximate surface area is 121 Å². The summed E-state index contributed by atoms with van der Waals surface area (Å²) in [6.07, 6.45) is 0. The van der Waals surface area contributed by atoms with Crippen molar-refractivity contribution >= 4 is 23.2 Å². The molecule has 1 aliphatic heterocycles. The van der Waals surface area contributed by atoms with Gasteiger partial charge in [0, 0.05) is 24.2 Å². The lowest BCUT2D eigenvalue weighted by molar-refractivity contribution is 0.314. The van der Waals surface area contributed by atoms with Gasteiger partial charge in [-0.2, -0.15) is 0 Å². The van der Waals surface area contributed by atoms with Crippen LogP contribution in [0.4, 0.5) is 0 Å². The third kappa shape index (κ3) is 2.54. The second kappa shape index (κ2) is 5.37. The molecule has 0 fully saturated rings. The van der Waals surface area contributed by atoms with Crippen LogP contribution in [0.5, 0.6) is 5.88 Å². The zero-order chi connectivity index (χ0) is 13.2. The highest BCUT2D eigenvalue weighted by Crippen LogP contribution is 2.35. The minimum atomic E-state index is 0.590. The standard InChI is InChI=1S/C14H12Cl2N2O/c15-10-2-1-3-11(16)13(10)12-5-4-9-8-17-6-7-19-14(9)18-12/h1-5,17H,6-8H2. The lowest BCUT2D eigenvalue weighted by Gasteiger charge is -2.10. The first-order chi connectivity index (χ1) is 9.25. The Morgan fingerprint density at radius 3 is 2.68 bits per heavy atom. The van der Waals surface area contributed by atoms with E-state index in [1.807, 2.05) is 18.2 Å². The second-order valence-electron chi connectivity index (χ2n) is 4.28. The summed E-state index contributed by atoms with van der Waals surface area (Å²) in [6, 6.07) is 9.34. The van der Waals surface area contributed by atoms with Crippen LogP contribution in [-0.2, 0) is 6.54 Å². The van der Waals surface area contributed by atoms with Crippen molar-refractivity contribution in [3.05, 3.63) is 45.9 Å². The Morgan fingerprint density at radius 1 is 1.11 bits per heavy atom. The Balaban J connectivity index is 2.09. The van der Waals surface area contributed by atoms with Gasteiger partial charge in [-0.05, 0) is 18.2 Å². The molecule has 19 heavy (non-hydrogen) atoms. The van der Waals surface area contributed by atoms with E-state index in [1.165, 1.54) is 0 Å². The monoisotopic (exact) mass is 294 g/mol. The highest BCUT2D eigenvalue weighted by atomic mass is 35.5. The number of rotatable bonds is 1. The number of nitrogens with one attached hydrogen (secondary N) is 1. The molecule has 98 valence electrons. The molecule has 0 spiro atoms. The Bertz CT molecular complexity index is 596. The summed E-state index contributed by atoms with van der Waals surface area (Å²) in [5.74, 6) is 0.651. The van der Waals surface area contributed by atoms with Gasteiger partial charge < -0.3 is 10.1 Å². The fourth-order valence-corrected chi connectivity index (χ4v) is 2.64. The van der Waals surface area contributed by atoms with Gasteiger partial charge in [-0.1, -0.05) is 35.3 Å². The van der Waals surface area contributed by atoms with Crippen LogP contribution < -0.4 is 10.1 Å². The van der Waals surface area contributed by atoms with Crippen LogP contribution in [0, 0.1) is 0 Å². The van der Waals surface area contributed by atoms with Gasteiger partial charge in [0.05, 0.1) is 15.7 Å². The van der Waals surface area contributed by atoms with E-state index in [2.05, 4.69) is 10.3 Å². The third-order valence-corrected chi connectivity index (χ3v) is 3.62. The van der Waals surface area contributed by atoms with Crippen molar-refractivity contribution in [3.63, 3.8) is 0 Å². The molecule has 3 nitrogen and oxygen atoms in total. The van der Waals surface area contributed by atoms with Crippen LogP contribution in [0.3, 0.4) is 0 Å².